The van der Waals surface area contributed by atoms with Crippen molar-refractivity contribution in [3.05, 3.63) is 293 Å². The predicted molar refractivity (Wildman–Crippen MR) is 281 cm³/mol. The zero-order valence-corrected chi connectivity index (χ0v) is 39.0. The minimum atomic E-state index is -0.665. The van der Waals surface area contributed by atoms with Crippen LogP contribution in [0.3, 0.4) is 0 Å². The zero-order valence-electron chi connectivity index (χ0n) is 39.0. The van der Waals surface area contributed by atoms with E-state index >= 15 is 0 Å². The molecule has 6 nitrogen and oxygen atoms in total. The average Bonchev–Trinajstić information content (AvgIpc) is 3.42. The molecular formula is C63H56N2O4. The van der Waals surface area contributed by atoms with E-state index in [1.54, 1.807) is 0 Å². The molecule has 0 aliphatic carbocycles. The van der Waals surface area contributed by atoms with E-state index in [-0.39, 0.29) is 11.9 Å². The first-order valence-electron chi connectivity index (χ1n) is 23.3. The summed E-state index contributed by atoms with van der Waals surface area (Å²) >= 11 is 0. The molecule has 0 fully saturated rings. The van der Waals surface area contributed by atoms with E-state index in [0.29, 0.717) is 19.6 Å². The van der Waals surface area contributed by atoms with Crippen LogP contribution in [0.15, 0.2) is 249 Å². The molecule has 1 N–H and O–H groups in total. The van der Waals surface area contributed by atoms with Gasteiger partial charge in [0.25, 0.3) is 0 Å². The lowest BCUT2D eigenvalue weighted by Crippen LogP contribution is -2.35. The maximum Gasteiger partial charge on any atom is 0.327 e. The zero-order chi connectivity index (χ0) is 47.6. The molecule has 6 heteroatoms. The Balaban J connectivity index is 1.13. The van der Waals surface area contributed by atoms with Gasteiger partial charge in [0, 0.05) is 19.6 Å². The Kier molecular flexibility index (Phi) is 16.5. The van der Waals surface area contributed by atoms with Crippen molar-refractivity contribution in [2.45, 2.75) is 12.1 Å². The summed E-state index contributed by atoms with van der Waals surface area (Å²) in [7, 11) is 2.87. The first-order valence-corrected chi connectivity index (χ1v) is 23.3. The Morgan fingerprint density at radius 1 is 0.420 bits per heavy atom. The van der Waals surface area contributed by atoms with Gasteiger partial charge in [0.15, 0.2) is 0 Å². The third-order valence-electron chi connectivity index (χ3n) is 12.2. The SMILES string of the molecule is COC(=O)[C@H](NC/C=C(/c1ccccc1)c1ccc(-c2cccc(/C(=C/CN(CC=C(c3ccccc3)c3ccccc3)[C@@H](C(=O)OC)c3ccccc3)c3ccccc3)c2)cc1)c1ccccc1. The minimum Gasteiger partial charge on any atom is -0.468 e. The van der Waals surface area contributed by atoms with Gasteiger partial charge in [0.1, 0.15) is 12.1 Å². The van der Waals surface area contributed by atoms with Gasteiger partial charge in [-0.2, -0.15) is 0 Å². The second-order valence-electron chi connectivity index (χ2n) is 16.5. The van der Waals surface area contributed by atoms with Crippen LogP contribution in [0.1, 0.15) is 56.6 Å². The van der Waals surface area contributed by atoms with Crippen molar-refractivity contribution >= 4 is 28.7 Å². The molecule has 342 valence electrons. The first-order chi connectivity index (χ1) is 34.0. The van der Waals surface area contributed by atoms with Gasteiger partial charge >= 0.3 is 11.9 Å². The predicted octanol–water partition coefficient (Wildman–Crippen LogP) is 13.1. The molecule has 8 aromatic carbocycles. The molecule has 0 aliphatic rings. The van der Waals surface area contributed by atoms with Crippen LogP contribution < -0.4 is 5.32 Å². The van der Waals surface area contributed by atoms with Crippen LogP contribution in [-0.4, -0.2) is 50.7 Å². The van der Waals surface area contributed by atoms with Gasteiger partial charge in [-0.15, -0.1) is 0 Å². The highest BCUT2D eigenvalue weighted by Gasteiger charge is 2.28. The molecule has 8 rings (SSSR count). The number of hydrogen-bond acceptors (Lipinski definition) is 6. The molecule has 69 heavy (non-hydrogen) atoms. The van der Waals surface area contributed by atoms with Crippen molar-refractivity contribution in [1.82, 2.24) is 10.2 Å². The standard InChI is InChI=1S/C63H56N2O4/c1-68-62(66)60(53-30-17-7-18-31-53)64-43-40-57(48-22-9-3-10-23-48)52-38-36-47(37-39-52)55-34-21-35-56(46-55)59(51-28-15-6-16-29-51)42-45-65(61(63(67)69-2)54-32-19-8-20-33-54)44-41-58(49-24-11-4-12-25-49)50-26-13-5-14-27-50/h3-42,46,60-61,64H,43-45H2,1-2H3/b57-40-,59-42+/t60-,61-/m1/s1. The number of benzene rings is 8. The van der Waals surface area contributed by atoms with Crippen LogP contribution in [0.4, 0.5) is 0 Å². The van der Waals surface area contributed by atoms with Crippen LogP contribution in [-0.2, 0) is 19.1 Å². The van der Waals surface area contributed by atoms with Crippen LogP contribution in [0.25, 0.3) is 27.8 Å². The van der Waals surface area contributed by atoms with Crippen LogP contribution in [0.2, 0.25) is 0 Å². The van der Waals surface area contributed by atoms with Crippen LogP contribution in [0, 0.1) is 0 Å². The average molecular weight is 905 g/mol. The number of hydrogen-bond donors (Lipinski definition) is 1. The summed E-state index contributed by atoms with van der Waals surface area (Å²) in [5.41, 5.74) is 13.5. The quantitative estimate of drug-likeness (QED) is 0.0816. The summed E-state index contributed by atoms with van der Waals surface area (Å²) in [6, 6.07) is 77.0. The molecule has 0 heterocycles. The number of esters is 2. The lowest BCUT2D eigenvalue weighted by atomic mass is 9.92. The van der Waals surface area contributed by atoms with E-state index in [9.17, 15) is 9.59 Å². The smallest absolute Gasteiger partial charge is 0.327 e. The summed E-state index contributed by atoms with van der Waals surface area (Å²) in [5.74, 6) is -0.661. The highest BCUT2D eigenvalue weighted by Crippen LogP contribution is 2.32. The topological polar surface area (TPSA) is 67.9 Å². The second-order valence-corrected chi connectivity index (χ2v) is 16.5. The Hall–Kier alpha value is -8.16. The lowest BCUT2D eigenvalue weighted by Gasteiger charge is -2.29. The maximum atomic E-state index is 13.9. The molecule has 0 saturated carbocycles. The minimum absolute atomic E-state index is 0.324. The van der Waals surface area contributed by atoms with Crippen molar-refractivity contribution in [3.8, 4) is 11.1 Å². The number of methoxy groups -OCH3 is 2. The van der Waals surface area contributed by atoms with E-state index < -0.39 is 12.1 Å². The number of carbonyl (C=O) groups is 2. The molecule has 0 aromatic heterocycles. The van der Waals surface area contributed by atoms with Gasteiger partial charge in [0.05, 0.1) is 14.2 Å². The molecule has 0 saturated heterocycles. The molecular weight excluding hydrogens is 849 g/mol. The van der Waals surface area contributed by atoms with Crippen molar-refractivity contribution < 1.29 is 19.1 Å². The summed E-state index contributed by atoms with van der Waals surface area (Å²) in [6.07, 6.45) is 6.59. The number of carbonyl (C=O) groups excluding carboxylic acids is 2. The largest absolute Gasteiger partial charge is 0.468 e. The van der Waals surface area contributed by atoms with E-state index in [4.69, 9.17) is 9.47 Å². The van der Waals surface area contributed by atoms with Crippen LogP contribution >= 0.6 is 0 Å². The molecule has 2 atom stereocenters. The van der Waals surface area contributed by atoms with Crippen molar-refractivity contribution in [2.75, 3.05) is 33.9 Å². The molecule has 0 bridgehead atoms. The van der Waals surface area contributed by atoms with Gasteiger partial charge in [-0.1, -0.05) is 243 Å². The Morgan fingerprint density at radius 3 is 1.28 bits per heavy atom. The lowest BCUT2D eigenvalue weighted by molar-refractivity contribution is -0.147. The summed E-state index contributed by atoms with van der Waals surface area (Å²) in [4.78, 5) is 28.9. The molecule has 0 aliphatic heterocycles. The van der Waals surface area contributed by atoms with Crippen LogP contribution in [0.5, 0.6) is 0 Å². The molecule has 0 spiro atoms. The van der Waals surface area contributed by atoms with E-state index in [1.165, 1.54) is 14.2 Å². The molecule has 0 amide bonds. The van der Waals surface area contributed by atoms with Crippen molar-refractivity contribution in [1.29, 1.82) is 0 Å². The van der Waals surface area contributed by atoms with E-state index in [1.807, 2.05) is 97.1 Å². The summed E-state index contributed by atoms with van der Waals surface area (Å²) in [5, 5.41) is 3.40. The third-order valence-corrected chi connectivity index (χ3v) is 12.2. The van der Waals surface area contributed by atoms with Gasteiger partial charge in [-0.3, -0.25) is 10.2 Å². The molecule has 8 aromatic rings. The van der Waals surface area contributed by atoms with Gasteiger partial charge in [-0.25, -0.2) is 9.59 Å². The van der Waals surface area contributed by atoms with Gasteiger partial charge in [-0.05, 0) is 78.4 Å². The van der Waals surface area contributed by atoms with Gasteiger partial charge in [0.2, 0.25) is 0 Å². The van der Waals surface area contributed by atoms with E-state index in [2.05, 4.69) is 162 Å². The summed E-state index contributed by atoms with van der Waals surface area (Å²) in [6.45, 7) is 1.35. The van der Waals surface area contributed by atoms with Crippen molar-refractivity contribution in [2.24, 2.45) is 0 Å². The monoisotopic (exact) mass is 904 g/mol. The fourth-order valence-corrected chi connectivity index (χ4v) is 8.71. The third kappa shape index (κ3) is 12.2. The fraction of sp³-hybridized carbons (Fsp3) is 0.111. The molecule has 0 radical (unpaired) electrons. The normalized spacial score (nSPS) is 12.4. The number of rotatable bonds is 19. The second kappa shape index (κ2) is 24.0. The maximum absolute atomic E-state index is 13.9. The first kappa shape index (κ1) is 47.3. The number of nitrogens with zero attached hydrogens (tertiary/aromatic N) is 1. The highest BCUT2D eigenvalue weighted by atomic mass is 16.5. The summed E-state index contributed by atoms with van der Waals surface area (Å²) < 4.78 is 10.7. The Morgan fingerprint density at radius 2 is 0.812 bits per heavy atom. The fourth-order valence-electron chi connectivity index (χ4n) is 8.71. The number of nitrogens with one attached hydrogen (secondary N) is 1. The Labute approximate surface area is 406 Å². The number of ether oxygens (including phenoxy) is 2. The van der Waals surface area contributed by atoms with Crippen molar-refractivity contribution in [3.63, 3.8) is 0 Å². The van der Waals surface area contributed by atoms with E-state index in [0.717, 1.165) is 72.4 Å². The Bertz CT molecular complexity index is 2930. The molecule has 0 unspecified atom stereocenters. The highest BCUT2D eigenvalue weighted by molar-refractivity contribution is 5.85. The van der Waals surface area contributed by atoms with Gasteiger partial charge < -0.3 is 9.47 Å².